The maximum atomic E-state index is 14.8. The number of rotatable bonds is 8. The highest BCUT2D eigenvalue weighted by atomic mass is 19.3. The molecule has 0 spiro atoms. The van der Waals surface area contributed by atoms with Crippen LogP contribution in [0.1, 0.15) is 48.7 Å². The van der Waals surface area contributed by atoms with Crippen LogP contribution < -0.4 is 4.74 Å². The van der Waals surface area contributed by atoms with Crippen molar-refractivity contribution in [2.75, 3.05) is 0 Å². The molecule has 0 saturated carbocycles. The molecule has 0 atom stereocenters. The fourth-order valence-corrected chi connectivity index (χ4v) is 3.88. The second-order valence-electron chi connectivity index (χ2n) is 8.95. The van der Waals surface area contributed by atoms with Crippen molar-refractivity contribution >= 4 is 0 Å². The molecule has 3 aromatic carbocycles. The molecule has 0 saturated heterocycles. The zero-order valence-electron chi connectivity index (χ0n) is 21.4. The van der Waals surface area contributed by atoms with E-state index < -0.39 is 57.9 Å². The molecule has 0 amide bonds. The van der Waals surface area contributed by atoms with Gasteiger partial charge in [0.1, 0.15) is 28.8 Å². The first-order chi connectivity index (χ1) is 19.5. The summed E-state index contributed by atoms with van der Waals surface area (Å²) in [6.07, 6.45) is 2.59. The molecular weight excluding hydrogens is 556 g/mol. The Morgan fingerprint density at radius 1 is 0.756 bits per heavy atom. The summed E-state index contributed by atoms with van der Waals surface area (Å²) in [5.74, 6) is -5.88. The van der Waals surface area contributed by atoms with Gasteiger partial charge in [0, 0.05) is 35.7 Å². The minimum atomic E-state index is -4.77. The van der Waals surface area contributed by atoms with Crippen LogP contribution in [0.5, 0.6) is 5.75 Å². The van der Waals surface area contributed by atoms with Gasteiger partial charge >= 0.3 is 6.11 Å². The van der Waals surface area contributed by atoms with Crippen LogP contribution in [0, 0.1) is 46.7 Å². The number of hydrogen-bond donors (Lipinski definition) is 0. The Kier molecular flexibility index (Phi) is 8.91. The van der Waals surface area contributed by atoms with Gasteiger partial charge < -0.3 is 4.74 Å². The second kappa shape index (κ2) is 12.4. The lowest BCUT2D eigenvalue weighted by Crippen LogP contribution is -2.25. The van der Waals surface area contributed by atoms with Gasteiger partial charge in [0.2, 0.25) is 5.82 Å². The van der Waals surface area contributed by atoms with Crippen molar-refractivity contribution in [2.24, 2.45) is 0 Å². The average Bonchev–Trinajstić information content (AvgIpc) is 2.90. The van der Waals surface area contributed by atoms with E-state index in [9.17, 15) is 35.1 Å². The summed E-state index contributed by atoms with van der Waals surface area (Å²) in [5, 5.41) is 0. The lowest BCUT2D eigenvalue weighted by Gasteiger charge is -2.20. The Bertz CT molecular complexity index is 1580. The van der Waals surface area contributed by atoms with Crippen molar-refractivity contribution in [3.05, 3.63) is 112 Å². The van der Waals surface area contributed by atoms with Crippen LogP contribution in [0.15, 0.2) is 54.9 Å². The van der Waals surface area contributed by atoms with E-state index in [1.165, 1.54) is 6.07 Å². The molecule has 0 aliphatic rings. The van der Waals surface area contributed by atoms with E-state index >= 15 is 0 Å². The largest absolute Gasteiger partial charge is 0.432 e. The first kappa shape index (κ1) is 29.5. The molecule has 0 aliphatic heterocycles. The van der Waals surface area contributed by atoms with Crippen LogP contribution in [0.2, 0.25) is 0 Å². The molecular formula is C30H20F8N2O. The summed E-state index contributed by atoms with van der Waals surface area (Å²) < 4.78 is 117. The Morgan fingerprint density at radius 3 is 1.98 bits per heavy atom. The van der Waals surface area contributed by atoms with Crippen molar-refractivity contribution in [3.8, 4) is 28.7 Å². The number of benzene rings is 3. The summed E-state index contributed by atoms with van der Waals surface area (Å²) in [5.41, 5.74) is -1.48. The van der Waals surface area contributed by atoms with E-state index in [-0.39, 0.29) is 29.1 Å². The lowest BCUT2D eigenvalue weighted by atomic mass is 10.0. The Balaban J connectivity index is 1.54. The first-order valence-corrected chi connectivity index (χ1v) is 12.3. The Hall–Kier alpha value is -4.46. The van der Waals surface area contributed by atoms with Gasteiger partial charge in [0.15, 0.2) is 17.5 Å². The van der Waals surface area contributed by atoms with Crippen LogP contribution in [-0.4, -0.2) is 9.97 Å². The number of aryl methyl sites for hydroxylation is 1. The van der Waals surface area contributed by atoms with Gasteiger partial charge in [-0.25, -0.2) is 36.3 Å². The molecule has 0 fully saturated rings. The molecule has 1 aromatic heterocycles. The summed E-state index contributed by atoms with van der Waals surface area (Å²) in [6.45, 7) is 2.10. The lowest BCUT2D eigenvalue weighted by molar-refractivity contribution is -0.189. The van der Waals surface area contributed by atoms with Gasteiger partial charge in [-0.2, -0.15) is 8.78 Å². The van der Waals surface area contributed by atoms with Crippen molar-refractivity contribution in [1.29, 1.82) is 0 Å². The SMILES string of the molecule is CCCCCc1cnc(C#Cc2ccc(-c3cc(F)c(C(F)(F)Oc4cc(F)c(F)c(F)c4)c(F)c3)c(F)c2)nc1. The van der Waals surface area contributed by atoms with E-state index in [0.29, 0.717) is 12.1 Å². The number of alkyl halides is 2. The van der Waals surface area contributed by atoms with Gasteiger partial charge in [-0.1, -0.05) is 31.8 Å². The molecule has 11 heteroatoms. The number of nitrogens with zero attached hydrogens (tertiary/aromatic N) is 2. The summed E-state index contributed by atoms with van der Waals surface area (Å²) in [4.78, 5) is 8.32. The molecule has 0 N–H and O–H groups in total. The molecule has 0 bridgehead atoms. The smallest absolute Gasteiger partial charge is 0.429 e. The summed E-state index contributed by atoms with van der Waals surface area (Å²) in [7, 11) is 0. The van der Waals surface area contributed by atoms with Crippen LogP contribution in [0.25, 0.3) is 11.1 Å². The quantitative estimate of drug-likeness (QED) is 0.0918. The van der Waals surface area contributed by atoms with E-state index in [0.717, 1.165) is 43.4 Å². The van der Waals surface area contributed by atoms with Gasteiger partial charge in [0.05, 0.1) is 0 Å². The van der Waals surface area contributed by atoms with E-state index in [2.05, 4.69) is 33.5 Å². The molecule has 0 radical (unpaired) electrons. The monoisotopic (exact) mass is 576 g/mol. The second-order valence-corrected chi connectivity index (χ2v) is 8.95. The molecule has 41 heavy (non-hydrogen) atoms. The average molecular weight is 576 g/mol. The third kappa shape index (κ3) is 7.01. The van der Waals surface area contributed by atoms with Crippen LogP contribution in [-0.2, 0) is 12.5 Å². The molecule has 0 unspecified atom stereocenters. The van der Waals surface area contributed by atoms with E-state index in [1.54, 1.807) is 12.4 Å². The highest BCUT2D eigenvalue weighted by Crippen LogP contribution is 2.38. The van der Waals surface area contributed by atoms with Gasteiger partial charge in [-0.05, 0) is 54.2 Å². The third-order valence-electron chi connectivity index (χ3n) is 5.91. The highest BCUT2D eigenvalue weighted by molar-refractivity contribution is 5.66. The highest BCUT2D eigenvalue weighted by Gasteiger charge is 2.41. The van der Waals surface area contributed by atoms with Crippen molar-refractivity contribution in [1.82, 2.24) is 9.97 Å². The zero-order valence-corrected chi connectivity index (χ0v) is 21.4. The first-order valence-electron chi connectivity index (χ1n) is 12.3. The van der Waals surface area contributed by atoms with Gasteiger partial charge in [-0.3, -0.25) is 0 Å². The molecule has 4 rings (SSSR count). The number of ether oxygens (including phenoxy) is 1. The van der Waals surface area contributed by atoms with Crippen LogP contribution in [0.4, 0.5) is 35.1 Å². The predicted octanol–water partition coefficient (Wildman–Crippen LogP) is 8.24. The minimum absolute atomic E-state index is 0.0894. The molecule has 3 nitrogen and oxygen atoms in total. The minimum Gasteiger partial charge on any atom is -0.429 e. The van der Waals surface area contributed by atoms with Crippen LogP contribution in [0.3, 0.4) is 0 Å². The fourth-order valence-electron chi connectivity index (χ4n) is 3.88. The zero-order chi connectivity index (χ0) is 29.7. The number of hydrogen-bond acceptors (Lipinski definition) is 3. The Morgan fingerprint density at radius 2 is 1.39 bits per heavy atom. The molecule has 1 heterocycles. The predicted molar refractivity (Wildman–Crippen MR) is 134 cm³/mol. The van der Waals surface area contributed by atoms with Crippen molar-refractivity contribution < 1.29 is 39.9 Å². The molecule has 212 valence electrons. The van der Waals surface area contributed by atoms with E-state index in [4.69, 9.17) is 0 Å². The van der Waals surface area contributed by atoms with Gasteiger partial charge in [-0.15, -0.1) is 0 Å². The van der Waals surface area contributed by atoms with Gasteiger partial charge in [0.25, 0.3) is 0 Å². The fraction of sp³-hybridized carbons (Fsp3) is 0.200. The number of halogens is 8. The molecule has 0 aliphatic carbocycles. The number of unbranched alkanes of at least 4 members (excludes halogenated alkanes) is 2. The molecule has 4 aromatic rings. The standard InChI is InChI=1S/C30H20F8N2O/c1-2-3-4-5-18-15-39-27(40-16-18)9-7-17-6-8-21(22(31)10-17)19-11-23(32)28(24(33)12-19)30(37,38)41-20-13-25(34)29(36)26(35)14-20/h6,8,10-16H,2-5H2,1H3. The Labute approximate surface area is 229 Å². The maximum Gasteiger partial charge on any atom is 0.432 e. The maximum absolute atomic E-state index is 14.8. The topological polar surface area (TPSA) is 35.0 Å². The number of aromatic nitrogens is 2. The van der Waals surface area contributed by atoms with Crippen molar-refractivity contribution in [2.45, 2.75) is 38.7 Å². The third-order valence-corrected chi connectivity index (χ3v) is 5.91. The normalized spacial score (nSPS) is 11.2. The van der Waals surface area contributed by atoms with Crippen molar-refractivity contribution in [3.63, 3.8) is 0 Å². The van der Waals surface area contributed by atoms with E-state index in [1.807, 2.05) is 0 Å². The summed E-state index contributed by atoms with van der Waals surface area (Å²) in [6, 6.07) is 4.56. The van der Waals surface area contributed by atoms with Crippen LogP contribution >= 0.6 is 0 Å². The summed E-state index contributed by atoms with van der Waals surface area (Å²) >= 11 is 0.